The summed E-state index contributed by atoms with van der Waals surface area (Å²) in [6, 6.07) is 0. The summed E-state index contributed by atoms with van der Waals surface area (Å²) in [7, 11) is 0. The smallest absolute Gasteiger partial charge is 0.407 e. The zero-order valence-electron chi connectivity index (χ0n) is 8.32. The summed E-state index contributed by atoms with van der Waals surface area (Å²) >= 11 is 0. The van der Waals surface area contributed by atoms with E-state index in [0.717, 1.165) is 0 Å². The van der Waals surface area contributed by atoms with Gasteiger partial charge in [0, 0.05) is 24.9 Å². The number of carboxylic acid groups (broad SMARTS) is 1. The average Bonchev–Trinajstić information content (AvgIpc) is 2.00. The Morgan fingerprint density at radius 3 is 2.08 bits per heavy atom. The van der Waals surface area contributed by atoms with E-state index in [2.05, 4.69) is 0 Å². The molecule has 1 unspecified atom stereocenters. The largest absolute Gasteiger partial charge is 0.465 e. The Morgan fingerprint density at radius 2 is 1.77 bits per heavy atom. The Balaban J connectivity index is 2.73. The lowest BCUT2D eigenvalue weighted by Crippen LogP contribution is -2.55. The molecule has 0 aromatic heterocycles. The molecule has 0 saturated carbocycles. The molecule has 1 fully saturated rings. The van der Waals surface area contributed by atoms with E-state index >= 15 is 0 Å². The van der Waals surface area contributed by atoms with Crippen LogP contribution in [0.5, 0.6) is 0 Å². The van der Waals surface area contributed by atoms with Gasteiger partial charge in [0.1, 0.15) is 0 Å². The number of rotatable bonds is 0. The predicted octanol–water partition coefficient (Wildman–Crippen LogP) is 1.00. The quantitative estimate of drug-likeness (QED) is 0.594. The summed E-state index contributed by atoms with van der Waals surface area (Å²) in [4.78, 5) is 12.1. The highest BCUT2D eigenvalue weighted by molar-refractivity contribution is 5.65. The molecule has 1 amide bonds. The third kappa shape index (κ3) is 1.77. The summed E-state index contributed by atoms with van der Waals surface area (Å²) in [6.07, 6.45) is -0.894. The van der Waals surface area contributed by atoms with Gasteiger partial charge in [-0.15, -0.1) is 0 Å². The van der Waals surface area contributed by atoms with Crippen LogP contribution in [0, 0.1) is 11.8 Å². The molecule has 1 aliphatic rings. The van der Waals surface area contributed by atoms with Crippen LogP contribution in [-0.2, 0) is 0 Å². The Bertz CT molecular complexity index is 201. The van der Waals surface area contributed by atoms with Crippen LogP contribution in [0.3, 0.4) is 0 Å². The second-order valence-electron chi connectivity index (χ2n) is 4.22. The molecule has 4 nitrogen and oxygen atoms in total. The highest BCUT2D eigenvalue weighted by Crippen LogP contribution is 2.31. The number of nitrogens with zero attached hydrogens (tertiary/aromatic N) is 1. The standard InChI is InChI=1S/C9H17NO3/c1-6-4-10(8(11)12)5-7(2)9(6,3)13/h6-7,13H,4-5H2,1-3H3,(H,11,12)/t6-,7+,9?. The maximum atomic E-state index is 10.7. The van der Waals surface area contributed by atoms with E-state index in [4.69, 9.17) is 5.11 Å². The van der Waals surface area contributed by atoms with E-state index in [1.54, 1.807) is 6.92 Å². The summed E-state index contributed by atoms with van der Waals surface area (Å²) in [5, 5.41) is 18.8. The molecule has 1 heterocycles. The van der Waals surface area contributed by atoms with E-state index in [9.17, 15) is 9.90 Å². The molecule has 0 aromatic rings. The van der Waals surface area contributed by atoms with Crippen molar-refractivity contribution in [1.82, 2.24) is 4.90 Å². The van der Waals surface area contributed by atoms with Crippen molar-refractivity contribution in [3.8, 4) is 0 Å². The van der Waals surface area contributed by atoms with Gasteiger partial charge in [0.05, 0.1) is 5.60 Å². The number of hydrogen-bond acceptors (Lipinski definition) is 2. The number of piperidine rings is 1. The van der Waals surface area contributed by atoms with Crippen LogP contribution in [0.4, 0.5) is 4.79 Å². The minimum absolute atomic E-state index is 0.00708. The molecule has 0 spiro atoms. The van der Waals surface area contributed by atoms with Crippen LogP contribution < -0.4 is 0 Å². The van der Waals surface area contributed by atoms with Gasteiger partial charge in [-0.05, 0) is 6.92 Å². The third-order valence-electron chi connectivity index (χ3n) is 3.25. The van der Waals surface area contributed by atoms with Crippen molar-refractivity contribution >= 4 is 6.09 Å². The Labute approximate surface area is 78.2 Å². The fourth-order valence-electron chi connectivity index (χ4n) is 1.75. The van der Waals surface area contributed by atoms with Crippen LogP contribution in [-0.4, -0.2) is 39.9 Å². The Morgan fingerprint density at radius 1 is 1.38 bits per heavy atom. The number of amides is 1. The summed E-state index contributed by atoms with van der Waals surface area (Å²) in [5.74, 6) is -0.0142. The zero-order chi connectivity index (χ0) is 10.2. The van der Waals surface area contributed by atoms with Crippen molar-refractivity contribution in [2.45, 2.75) is 26.4 Å². The van der Waals surface area contributed by atoms with Gasteiger partial charge in [0.15, 0.2) is 0 Å². The van der Waals surface area contributed by atoms with Crippen LogP contribution in [0.1, 0.15) is 20.8 Å². The Kier molecular flexibility index (Phi) is 2.52. The van der Waals surface area contributed by atoms with Crippen molar-refractivity contribution < 1.29 is 15.0 Å². The highest BCUT2D eigenvalue weighted by atomic mass is 16.4. The first-order valence-electron chi connectivity index (χ1n) is 4.56. The molecule has 1 rings (SSSR count). The van der Waals surface area contributed by atoms with Gasteiger partial charge in [-0.25, -0.2) is 4.79 Å². The topological polar surface area (TPSA) is 60.8 Å². The molecule has 2 N–H and O–H groups in total. The van der Waals surface area contributed by atoms with Crippen molar-refractivity contribution in [3.63, 3.8) is 0 Å². The van der Waals surface area contributed by atoms with Gasteiger partial charge in [-0.3, -0.25) is 0 Å². The van der Waals surface area contributed by atoms with E-state index < -0.39 is 11.7 Å². The lowest BCUT2D eigenvalue weighted by molar-refractivity contribution is -0.0852. The van der Waals surface area contributed by atoms with Crippen LogP contribution in [0.25, 0.3) is 0 Å². The maximum absolute atomic E-state index is 10.7. The summed E-state index contributed by atoms with van der Waals surface area (Å²) in [5.41, 5.74) is -0.744. The van der Waals surface area contributed by atoms with Gasteiger partial charge in [-0.2, -0.15) is 0 Å². The minimum atomic E-state index is -0.894. The molecule has 4 heteroatoms. The highest BCUT2D eigenvalue weighted by Gasteiger charge is 2.41. The second kappa shape index (κ2) is 3.18. The average molecular weight is 187 g/mol. The summed E-state index contributed by atoms with van der Waals surface area (Å²) in [6.45, 7) is 6.39. The normalized spacial score (nSPS) is 40.5. The first kappa shape index (κ1) is 10.3. The van der Waals surface area contributed by atoms with Crippen molar-refractivity contribution in [2.75, 3.05) is 13.1 Å². The SMILES string of the molecule is C[C@@H]1CN(C(=O)O)C[C@H](C)C1(C)O. The number of likely N-dealkylation sites (tertiary alicyclic amines) is 1. The monoisotopic (exact) mass is 187 g/mol. The third-order valence-corrected chi connectivity index (χ3v) is 3.25. The fraction of sp³-hybridized carbons (Fsp3) is 0.889. The van der Waals surface area contributed by atoms with Crippen LogP contribution in [0.15, 0.2) is 0 Å². The molecule has 76 valence electrons. The van der Waals surface area contributed by atoms with Gasteiger partial charge in [-0.1, -0.05) is 13.8 Å². The van der Waals surface area contributed by atoms with E-state index in [0.29, 0.717) is 13.1 Å². The van der Waals surface area contributed by atoms with Gasteiger partial charge in [0.2, 0.25) is 0 Å². The molecule has 0 aromatic carbocycles. The van der Waals surface area contributed by atoms with Crippen molar-refractivity contribution in [1.29, 1.82) is 0 Å². The van der Waals surface area contributed by atoms with E-state index in [-0.39, 0.29) is 11.8 Å². The maximum Gasteiger partial charge on any atom is 0.407 e. The van der Waals surface area contributed by atoms with E-state index in [1.165, 1.54) is 4.90 Å². The Hall–Kier alpha value is -0.770. The van der Waals surface area contributed by atoms with Crippen LogP contribution >= 0.6 is 0 Å². The molecular weight excluding hydrogens is 170 g/mol. The van der Waals surface area contributed by atoms with Crippen LogP contribution in [0.2, 0.25) is 0 Å². The molecule has 1 saturated heterocycles. The van der Waals surface area contributed by atoms with Gasteiger partial charge < -0.3 is 15.1 Å². The number of hydrogen-bond donors (Lipinski definition) is 2. The summed E-state index contributed by atoms with van der Waals surface area (Å²) < 4.78 is 0. The molecule has 0 bridgehead atoms. The van der Waals surface area contributed by atoms with Crippen molar-refractivity contribution in [2.24, 2.45) is 11.8 Å². The lowest BCUT2D eigenvalue weighted by Gasteiger charge is -2.44. The molecule has 13 heavy (non-hydrogen) atoms. The second-order valence-corrected chi connectivity index (χ2v) is 4.22. The lowest BCUT2D eigenvalue weighted by atomic mass is 9.77. The molecule has 0 aliphatic carbocycles. The minimum Gasteiger partial charge on any atom is -0.465 e. The fourth-order valence-corrected chi connectivity index (χ4v) is 1.75. The number of carbonyl (C=O) groups is 1. The first-order valence-corrected chi connectivity index (χ1v) is 4.56. The van der Waals surface area contributed by atoms with E-state index in [1.807, 2.05) is 13.8 Å². The predicted molar refractivity (Wildman–Crippen MR) is 48.5 cm³/mol. The van der Waals surface area contributed by atoms with Gasteiger partial charge >= 0.3 is 6.09 Å². The first-order chi connectivity index (χ1) is 5.85. The number of aliphatic hydroxyl groups is 1. The van der Waals surface area contributed by atoms with Crippen molar-refractivity contribution in [3.05, 3.63) is 0 Å². The zero-order valence-corrected chi connectivity index (χ0v) is 8.32. The molecule has 3 atom stereocenters. The molecular formula is C9H17NO3. The molecule has 1 aliphatic heterocycles. The molecule has 0 radical (unpaired) electrons. The van der Waals surface area contributed by atoms with Gasteiger partial charge in [0.25, 0.3) is 0 Å².